The van der Waals surface area contributed by atoms with Crippen LogP contribution in [0.15, 0.2) is 24.3 Å². The molecule has 0 spiro atoms. The zero-order chi connectivity index (χ0) is 18.4. The highest BCUT2D eigenvalue weighted by Gasteiger charge is 2.30. The molecule has 1 aromatic carbocycles. The molecule has 5 heteroatoms. The van der Waals surface area contributed by atoms with Gasteiger partial charge in [-0.3, -0.25) is 9.69 Å². The number of piperidine rings is 1. The number of carbonyl (C=O) groups is 1. The Morgan fingerprint density at radius 2 is 1.62 bits per heavy atom. The predicted molar refractivity (Wildman–Crippen MR) is 104 cm³/mol. The van der Waals surface area contributed by atoms with Gasteiger partial charge in [0.2, 0.25) is 5.91 Å². The summed E-state index contributed by atoms with van der Waals surface area (Å²) in [5, 5.41) is 0. The third-order valence-electron chi connectivity index (χ3n) is 5.71. The number of nitrogens with zero attached hydrogens (tertiary/aromatic N) is 3. The van der Waals surface area contributed by atoms with Crippen LogP contribution in [0.25, 0.3) is 0 Å². The number of carbonyl (C=O) groups excluding carboxylic acids is 1. The van der Waals surface area contributed by atoms with Crippen molar-refractivity contribution < 1.29 is 9.53 Å². The van der Waals surface area contributed by atoms with Crippen LogP contribution in [-0.4, -0.2) is 73.0 Å². The van der Waals surface area contributed by atoms with E-state index in [9.17, 15) is 4.79 Å². The van der Waals surface area contributed by atoms with Gasteiger partial charge in [-0.25, -0.2) is 0 Å². The van der Waals surface area contributed by atoms with E-state index in [2.05, 4.69) is 33.8 Å². The van der Waals surface area contributed by atoms with E-state index in [0.29, 0.717) is 12.5 Å². The van der Waals surface area contributed by atoms with Crippen LogP contribution in [0.5, 0.6) is 5.75 Å². The van der Waals surface area contributed by atoms with Gasteiger partial charge in [-0.1, -0.05) is 19.1 Å². The van der Waals surface area contributed by atoms with Crippen molar-refractivity contribution in [2.45, 2.75) is 33.2 Å². The SMILES string of the molecule is CCOc1ccc(CN2CCC(C(=O)N3CCN(CC)CC3)CC2)cc1. The van der Waals surface area contributed by atoms with Crippen molar-refractivity contribution in [1.29, 1.82) is 0 Å². The zero-order valence-electron chi connectivity index (χ0n) is 16.3. The smallest absolute Gasteiger partial charge is 0.225 e. The molecule has 0 aliphatic carbocycles. The maximum atomic E-state index is 12.8. The van der Waals surface area contributed by atoms with E-state index < -0.39 is 0 Å². The molecule has 0 saturated carbocycles. The summed E-state index contributed by atoms with van der Waals surface area (Å²) in [6.07, 6.45) is 1.98. The maximum Gasteiger partial charge on any atom is 0.225 e. The van der Waals surface area contributed by atoms with Crippen LogP contribution in [0.1, 0.15) is 32.3 Å². The van der Waals surface area contributed by atoms with Gasteiger partial charge in [-0.05, 0) is 57.1 Å². The molecule has 144 valence electrons. The summed E-state index contributed by atoms with van der Waals surface area (Å²) in [6.45, 7) is 12.8. The van der Waals surface area contributed by atoms with Crippen LogP contribution >= 0.6 is 0 Å². The van der Waals surface area contributed by atoms with E-state index in [4.69, 9.17) is 4.74 Å². The Morgan fingerprint density at radius 3 is 2.19 bits per heavy atom. The molecule has 2 fully saturated rings. The number of rotatable bonds is 6. The van der Waals surface area contributed by atoms with Crippen molar-refractivity contribution >= 4 is 5.91 Å². The standard InChI is InChI=1S/C21H33N3O2/c1-3-22-13-15-24(16-14-22)21(25)19-9-11-23(12-10-19)17-18-5-7-20(8-6-18)26-4-2/h5-8,19H,3-4,9-17H2,1-2H3. The first-order valence-electron chi connectivity index (χ1n) is 10.1. The van der Waals surface area contributed by atoms with Crippen LogP contribution in [-0.2, 0) is 11.3 Å². The van der Waals surface area contributed by atoms with Gasteiger partial charge in [0.05, 0.1) is 6.61 Å². The number of likely N-dealkylation sites (N-methyl/N-ethyl adjacent to an activating group) is 1. The van der Waals surface area contributed by atoms with Gasteiger partial charge in [0.25, 0.3) is 0 Å². The highest BCUT2D eigenvalue weighted by atomic mass is 16.5. The Morgan fingerprint density at radius 1 is 0.962 bits per heavy atom. The molecule has 26 heavy (non-hydrogen) atoms. The highest BCUT2D eigenvalue weighted by molar-refractivity contribution is 5.79. The average molecular weight is 360 g/mol. The fraction of sp³-hybridized carbons (Fsp3) is 0.667. The number of hydrogen-bond acceptors (Lipinski definition) is 4. The molecule has 0 aromatic heterocycles. The number of amides is 1. The number of likely N-dealkylation sites (tertiary alicyclic amines) is 1. The molecule has 0 radical (unpaired) electrons. The first kappa shape index (κ1) is 19.2. The van der Waals surface area contributed by atoms with Crippen molar-refractivity contribution in [1.82, 2.24) is 14.7 Å². The predicted octanol–water partition coefficient (Wildman–Crippen LogP) is 2.46. The molecule has 0 N–H and O–H groups in total. The van der Waals surface area contributed by atoms with Crippen molar-refractivity contribution in [2.75, 3.05) is 52.4 Å². The van der Waals surface area contributed by atoms with Gasteiger partial charge >= 0.3 is 0 Å². The lowest BCUT2D eigenvalue weighted by atomic mass is 9.94. The molecule has 0 unspecified atom stereocenters. The first-order valence-corrected chi connectivity index (χ1v) is 10.1. The number of benzene rings is 1. The lowest BCUT2D eigenvalue weighted by Gasteiger charge is -2.38. The molecular weight excluding hydrogens is 326 g/mol. The summed E-state index contributed by atoms with van der Waals surface area (Å²) in [5.41, 5.74) is 1.31. The van der Waals surface area contributed by atoms with Gasteiger partial charge in [0.15, 0.2) is 0 Å². The Kier molecular flexibility index (Phi) is 6.92. The van der Waals surface area contributed by atoms with E-state index in [1.807, 2.05) is 19.1 Å². The average Bonchev–Trinajstić information content (AvgIpc) is 2.70. The fourth-order valence-electron chi connectivity index (χ4n) is 4.00. The Balaban J connectivity index is 1.43. The van der Waals surface area contributed by atoms with Gasteiger partial charge < -0.3 is 14.5 Å². The normalized spacial score (nSPS) is 20.3. The molecule has 0 atom stereocenters. The van der Waals surface area contributed by atoms with Crippen LogP contribution in [0, 0.1) is 5.92 Å². The van der Waals surface area contributed by atoms with Crippen LogP contribution in [0.2, 0.25) is 0 Å². The van der Waals surface area contributed by atoms with Gasteiger partial charge in [0.1, 0.15) is 5.75 Å². The molecule has 3 rings (SSSR count). The minimum absolute atomic E-state index is 0.222. The topological polar surface area (TPSA) is 36.0 Å². The quantitative estimate of drug-likeness (QED) is 0.782. The van der Waals surface area contributed by atoms with Crippen LogP contribution < -0.4 is 4.74 Å². The number of hydrogen-bond donors (Lipinski definition) is 0. The molecule has 5 nitrogen and oxygen atoms in total. The summed E-state index contributed by atoms with van der Waals surface area (Å²) in [6, 6.07) is 8.39. The molecule has 2 saturated heterocycles. The third kappa shape index (κ3) is 4.98. The van der Waals surface area contributed by atoms with E-state index in [-0.39, 0.29) is 5.92 Å². The Labute approximate surface area is 157 Å². The minimum Gasteiger partial charge on any atom is -0.494 e. The largest absolute Gasteiger partial charge is 0.494 e. The molecular formula is C21H33N3O2. The Hall–Kier alpha value is -1.59. The third-order valence-corrected chi connectivity index (χ3v) is 5.71. The van der Waals surface area contributed by atoms with Gasteiger partial charge in [-0.15, -0.1) is 0 Å². The van der Waals surface area contributed by atoms with E-state index in [1.54, 1.807) is 0 Å². The second-order valence-electron chi connectivity index (χ2n) is 7.39. The summed E-state index contributed by atoms with van der Waals surface area (Å²) < 4.78 is 5.50. The lowest BCUT2D eigenvalue weighted by Crippen LogP contribution is -2.51. The van der Waals surface area contributed by atoms with Crippen LogP contribution in [0.4, 0.5) is 0 Å². The molecule has 0 bridgehead atoms. The van der Waals surface area contributed by atoms with Crippen molar-refractivity contribution in [3.05, 3.63) is 29.8 Å². The maximum absolute atomic E-state index is 12.8. The fourth-order valence-corrected chi connectivity index (χ4v) is 4.00. The van der Waals surface area contributed by atoms with Gasteiger partial charge in [-0.2, -0.15) is 0 Å². The first-order chi connectivity index (χ1) is 12.7. The Bertz CT molecular complexity index is 559. The molecule has 1 aromatic rings. The van der Waals surface area contributed by atoms with Gasteiger partial charge in [0, 0.05) is 38.6 Å². The van der Waals surface area contributed by atoms with E-state index >= 15 is 0 Å². The molecule has 2 aliphatic heterocycles. The van der Waals surface area contributed by atoms with Crippen molar-refractivity contribution in [3.8, 4) is 5.75 Å². The van der Waals surface area contributed by atoms with E-state index in [1.165, 1.54) is 5.56 Å². The van der Waals surface area contributed by atoms with Crippen molar-refractivity contribution in [2.24, 2.45) is 5.92 Å². The lowest BCUT2D eigenvalue weighted by molar-refractivity contribution is -0.138. The molecule has 2 heterocycles. The number of piperazine rings is 1. The zero-order valence-corrected chi connectivity index (χ0v) is 16.3. The monoisotopic (exact) mass is 359 g/mol. The minimum atomic E-state index is 0.222. The van der Waals surface area contributed by atoms with Crippen LogP contribution in [0.3, 0.4) is 0 Å². The second kappa shape index (κ2) is 9.38. The summed E-state index contributed by atoms with van der Waals surface area (Å²) in [5.74, 6) is 1.55. The number of ether oxygens (including phenoxy) is 1. The van der Waals surface area contributed by atoms with Crippen molar-refractivity contribution in [3.63, 3.8) is 0 Å². The van der Waals surface area contributed by atoms with E-state index in [0.717, 1.165) is 70.9 Å². The highest BCUT2D eigenvalue weighted by Crippen LogP contribution is 2.22. The molecule has 2 aliphatic rings. The second-order valence-corrected chi connectivity index (χ2v) is 7.39. The summed E-state index contributed by atoms with van der Waals surface area (Å²) in [7, 11) is 0. The summed E-state index contributed by atoms with van der Waals surface area (Å²) >= 11 is 0. The summed E-state index contributed by atoms with van der Waals surface area (Å²) in [4.78, 5) is 19.8. The molecule has 1 amide bonds.